The molecule has 2 aromatic rings. The molecule has 1 aliphatic carbocycles. The van der Waals surface area contributed by atoms with Gasteiger partial charge >= 0.3 is 0 Å². The smallest absolute Gasteiger partial charge is 0.249 e. The summed E-state index contributed by atoms with van der Waals surface area (Å²) in [5.74, 6) is 1.51. The van der Waals surface area contributed by atoms with Crippen LogP contribution in [0.5, 0.6) is 17.2 Å². The maximum Gasteiger partial charge on any atom is 0.249 e. The molecule has 0 saturated heterocycles. The van der Waals surface area contributed by atoms with E-state index in [9.17, 15) is 4.79 Å². The summed E-state index contributed by atoms with van der Waals surface area (Å²) in [5, 5.41) is 0. The van der Waals surface area contributed by atoms with E-state index in [0.29, 0.717) is 22.6 Å². The summed E-state index contributed by atoms with van der Waals surface area (Å²) in [7, 11) is 3.96. The second-order valence-electron chi connectivity index (χ2n) is 6.92. The number of hydrogen-bond donors (Lipinski definition) is 1. The average molecular weight is 366 g/mol. The van der Waals surface area contributed by atoms with Crippen molar-refractivity contribution in [2.75, 3.05) is 25.8 Å². The molecule has 0 radical (unpaired) electrons. The van der Waals surface area contributed by atoms with Crippen LogP contribution in [0.4, 0.5) is 5.69 Å². The Bertz CT molecular complexity index is 916. The number of amides is 1. The van der Waals surface area contributed by atoms with Crippen molar-refractivity contribution in [2.24, 2.45) is 5.73 Å². The number of benzene rings is 2. The number of hydrogen-bond acceptors (Lipinski definition) is 5. The van der Waals surface area contributed by atoms with Gasteiger partial charge in [0.05, 0.1) is 6.10 Å². The minimum atomic E-state index is -0.511. The van der Waals surface area contributed by atoms with E-state index in [0.717, 1.165) is 29.8 Å². The molecule has 0 bridgehead atoms. The lowest BCUT2D eigenvalue weighted by Gasteiger charge is -2.16. The van der Waals surface area contributed by atoms with Crippen molar-refractivity contribution in [3.05, 3.63) is 47.5 Å². The van der Waals surface area contributed by atoms with Crippen molar-refractivity contribution < 1.29 is 19.0 Å². The molecule has 2 aromatic carbocycles. The Morgan fingerprint density at radius 3 is 2.63 bits per heavy atom. The van der Waals surface area contributed by atoms with Gasteiger partial charge in [-0.1, -0.05) is 6.07 Å². The third-order valence-electron chi connectivity index (χ3n) is 4.58. The normalized spacial score (nSPS) is 15.6. The Hall–Kier alpha value is -3.15. The molecule has 0 spiro atoms. The molecule has 0 aromatic heterocycles. The Balaban J connectivity index is 1.75. The fraction of sp³-hybridized carbons (Fsp3) is 0.286. The van der Waals surface area contributed by atoms with Gasteiger partial charge in [0.1, 0.15) is 5.75 Å². The summed E-state index contributed by atoms with van der Waals surface area (Å²) in [4.78, 5) is 14.2. The number of ether oxygens (including phenoxy) is 3. The van der Waals surface area contributed by atoms with E-state index in [-0.39, 0.29) is 12.9 Å². The molecule has 0 atom stereocenters. The van der Waals surface area contributed by atoms with E-state index < -0.39 is 5.91 Å². The first-order valence-electron chi connectivity index (χ1n) is 8.91. The van der Waals surface area contributed by atoms with Crippen LogP contribution < -0.4 is 24.8 Å². The Labute approximate surface area is 158 Å². The van der Waals surface area contributed by atoms with E-state index in [2.05, 4.69) is 0 Å². The Morgan fingerprint density at radius 1 is 1.15 bits per heavy atom. The monoisotopic (exact) mass is 366 g/mol. The van der Waals surface area contributed by atoms with Gasteiger partial charge in [-0.25, -0.2) is 0 Å². The number of carbonyl (C=O) groups excluding carboxylic acids is 1. The molecule has 4 rings (SSSR count). The highest BCUT2D eigenvalue weighted by Crippen LogP contribution is 2.37. The molecule has 6 heteroatoms. The third-order valence-corrected chi connectivity index (χ3v) is 4.58. The van der Waals surface area contributed by atoms with Gasteiger partial charge < -0.3 is 24.8 Å². The highest BCUT2D eigenvalue weighted by molar-refractivity contribution is 6.23. The van der Waals surface area contributed by atoms with E-state index in [1.54, 1.807) is 24.3 Å². The molecule has 27 heavy (non-hydrogen) atoms. The zero-order chi connectivity index (χ0) is 19.0. The zero-order valence-corrected chi connectivity index (χ0v) is 15.4. The summed E-state index contributed by atoms with van der Waals surface area (Å²) in [6.45, 7) is 0.180. The number of anilines is 1. The average Bonchev–Trinajstić information content (AvgIpc) is 3.33. The second kappa shape index (κ2) is 6.87. The first-order chi connectivity index (χ1) is 13.0. The summed E-state index contributed by atoms with van der Waals surface area (Å²) < 4.78 is 16.8. The van der Waals surface area contributed by atoms with E-state index in [4.69, 9.17) is 19.9 Å². The Morgan fingerprint density at radius 2 is 1.93 bits per heavy atom. The predicted octanol–water partition coefficient (Wildman–Crippen LogP) is 3.05. The van der Waals surface area contributed by atoms with Crippen LogP contribution in [0.3, 0.4) is 0 Å². The molecule has 1 heterocycles. The maximum atomic E-state index is 12.2. The molecular weight excluding hydrogens is 344 g/mol. The van der Waals surface area contributed by atoms with Crippen LogP contribution in [-0.4, -0.2) is 32.9 Å². The quantitative estimate of drug-likeness (QED) is 0.628. The number of rotatable bonds is 6. The summed E-state index contributed by atoms with van der Waals surface area (Å²) in [6.07, 6.45) is 4.13. The lowest BCUT2D eigenvalue weighted by Crippen LogP contribution is -2.13. The molecule has 140 valence electrons. The molecule has 6 nitrogen and oxygen atoms in total. The van der Waals surface area contributed by atoms with Crippen molar-refractivity contribution in [2.45, 2.75) is 18.9 Å². The Kier molecular flexibility index (Phi) is 4.39. The van der Waals surface area contributed by atoms with Crippen molar-refractivity contribution in [1.29, 1.82) is 0 Å². The first-order valence-corrected chi connectivity index (χ1v) is 8.91. The summed E-state index contributed by atoms with van der Waals surface area (Å²) in [5.41, 5.74) is 8.60. The van der Waals surface area contributed by atoms with Gasteiger partial charge in [0.25, 0.3) is 0 Å². The number of nitrogens with two attached hydrogens (primary N) is 1. The highest BCUT2D eigenvalue weighted by Gasteiger charge is 2.25. The topological polar surface area (TPSA) is 74.0 Å². The van der Waals surface area contributed by atoms with Crippen molar-refractivity contribution in [3.63, 3.8) is 0 Å². The molecular formula is C21H22N2O4. The van der Waals surface area contributed by atoms with Crippen LogP contribution in [0.2, 0.25) is 0 Å². The van der Waals surface area contributed by atoms with Crippen molar-refractivity contribution in [3.8, 4) is 17.2 Å². The number of carbonyl (C=O) groups is 1. The van der Waals surface area contributed by atoms with Gasteiger partial charge in [0, 0.05) is 37.0 Å². The van der Waals surface area contributed by atoms with Gasteiger partial charge in [-0.2, -0.15) is 0 Å². The fourth-order valence-corrected chi connectivity index (χ4v) is 2.90. The number of primary amides is 1. The second-order valence-corrected chi connectivity index (χ2v) is 6.92. The minimum absolute atomic E-state index is 0.180. The standard InChI is InChI=1S/C21H22N2O4/c1-23(2)15-5-3-14(19(11-15)27-16-6-7-16)9-17(21(22)24)13-4-8-18-20(10-13)26-12-25-18/h3-5,8-11,16H,6-7,12H2,1-2H3,(H2,22,24). The molecule has 1 amide bonds. The SMILES string of the molecule is CN(C)c1ccc(C=C(C(N)=O)c2ccc3c(c2)OCO3)c(OC2CC2)c1. The van der Waals surface area contributed by atoms with E-state index in [1.165, 1.54) is 0 Å². The molecule has 0 unspecified atom stereocenters. The summed E-state index contributed by atoms with van der Waals surface area (Å²) >= 11 is 0. The van der Waals surface area contributed by atoms with Crippen LogP contribution in [0.25, 0.3) is 11.6 Å². The zero-order valence-electron chi connectivity index (χ0n) is 15.4. The van der Waals surface area contributed by atoms with Crippen LogP contribution in [0.15, 0.2) is 36.4 Å². The van der Waals surface area contributed by atoms with Crippen LogP contribution in [0.1, 0.15) is 24.0 Å². The first kappa shape index (κ1) is 17.3. The lowest BCUT2D eigenvalue weighted by molar-refractivity contribution is -0.112. The number of fused-ring (bicyclic) bond motifs is 1. The third kappa shape index (κ3) is 3.69. The molecule has 1 aliphatic heterocycles. The van der Waals surface area contributed by atoms with Crippen molar-refractivity contribution in [1.82, 2.24) is 0 Å². The van der Waals surface area contributed by atoms with E-state index in [1.807, 2.05) is 37.2 Å². The van der Waals surface area contributed by atoms with Crippen LogP contribution in [0, 0.1) is 0 Å². The molecule has 1 saturated carbocycles. The number of nitrogens with zero attached hydrogens (tertiary/aromatic N) is 1. The highest BCUT2D eigenvalue weighted by atomic mass is 16.7. The van der Waals surface area contributed by atoms with Gasteiger partial charge in [0.2, 0.25) is 12.7 Å². The summed E-state index contributed by atoms with van der Waals surface area (Å²) in [6, 6.07) is 11.3. The van der Waals surface area contributed by atoms with E-state index >= 15 is 0 Å². The van der Waals surface area contributed by atoms with Crippen LogP contribution in [-0.2, 0) is 4.79 Å². The minimum Gasteiger partial charge on any atom is -0.490 e. The molecule has 1 fully saturated rings. The van der Waals surface area contributed by atoms with Crippen LogP contribution >= 0.6 is 0 Å². The fourth-order valence-electron chi connectivity index (χ4n) is 2.90. The van der Waals surface area contributed by atoms with Gasteiger partial charge in [0.15, 0.2) is 11.5 Å². The van der Waals surface area contributed by atoms with Gasteiger partial charge in [-0.05, 0) is 48.7 Å². The predicted molar refractivity (Wildman–Crippen MR) is 104 cm³/mol. The molecule has 2 aliphatic rings. The molecule has 2 N–H and O–H groups in total. The van der Waals surface area contributed by atoms with Gasteiger partial charge in [-0.15, -0.1) is 0 Å². The van der Waals surface area contributed by atoms with Gasteiger partial charge in [-0.3, -0.25) is 4.79 Å². The lowest BCUT2D eigenvalue weighted by atomic mass is 10.0. The largest absolute Gasteiger partial charge is 0.490 e. The van der Waals surface area contributed by atoms with Crippen molar-refractivity contribution >= 4 is 23.2 Å². The maximum absolute atomic E-state index is 12.2.